The lowest BCUT2D eigenvalue weighted by Gasteiger charge is -1.92. The van der Waals surface area contributed by atoms with Crippen LogP contribution in [0.3, 0.4) is 0 Å². The fraction of sp³-hybridized carbons (Fsp3) is 0. The van der Waals surface area contributed by atoms with Crippen molar-refractivity contribution in [2.24, 2.45) is 0 Å². The summed E-state index contributed by atoms with van der Waals surface area (Å²) >= 11 is 1.13. The smallest absolute Gasteiger partial charge is 0.345 e. The minimum atomic E-state index is -0.959. The van der Waals surface area contributed by atoms with E-state index in [0.29, 0.717) is 11.5 Å². The molecule has 3 aromatic rings. The van der Waals surface area contributed by atoms with E-state index in [1.54, 1.807) is 5.38 Å². The van der Waals surface area contributed by atoms with Crippen molar-refractivity contribution >= 4 is 17.3 Å². The van der Waals surface area contributed by atoms with Crippen LogP contribution in [0.25, 0.3) is 17.1 Å². The van der Waals surface area contributed by atoms with Gasteiger partial charge in [-0.05, 0) is 11.3 Å². The van der Waals surface area contributed by atoms with Crippen LogP contribution < -0.4 is 0 Å². The van der Waals surface area contributed by atoms with Gasteiger partial charge in [0.2, 0.25) is 5.82 Å². The molecule has 0 saturated heterocycles. The SMILES string of the molecule is O=C(O)c1cc(-n2nnc(-c3ccccc3)n2)cs1. The van der Waals surface area contributed by atoms with Crippen LogP contribution in [0.2, 0.25) is 0 Å². The zero-order valence-corrected chi connectivity index (χ0v) is 10.4. The topological polar surface area (TPSA) is 80.9 Å². The number of carboxylic acids is 1. The fourth-order valence-electron chi connectivity index (χ4n) is 1.57. The first-order valence-corrected chi connectivity index (χ1v) is 6.29. The number of aromatic nitrogens is 4. The molecule has 2 aromatic heterocycles. The Morgan fingerprint density at radius 2 is 2.05 bits per heavy atom. The lowest BCUT2D eigenvalue weighted by Crippen LogP contribution is -1.97. The summed E-state index contributed by atoms with van der Waals surface area (Å²) in [6.45, 7) is 0. The third kappa shape index (κ3) is 2.23. The molecular weight excluding hydrogens is 264 g/mol. The number of hydrogen-bond donors (Lipinski definition) is 1. The van der Waals surface area contributed by atoms with Gasteiger partial charge in [-0.15, -0.1) is 26.3 Å². The predicted octanol–water partition coefficient (Wildman–Crippen LogP) is 2.09. The molecule has 1 N–H and O–H groups in total. The van der Waals surface area contributed by atoms with Gasteiger partial charge in [0, 0.05) is 10.9 Å². The highest BCUT2D eigenvalue weighted by Gasteiger charge is 2.11. The van der Waals surface area contributed by atoms with Gasteiger partial charge < -0.3 is 5.11 Å². The van der Waals surface area contributed by atoms with E-state index in [-0.39, 0.29) is 4.88 Å². The predicted molar refractivity (Wildman–Crippen MR) is 69.4 cm³/mol. The monoisotopic (exact) mass is 272 g/mol. The number of hydrogen-bond acceptors (Lipinski definition) is 5. The largest absolute Gasteiger partial charge is 0.477 e. The Labute approximate surface area is 111 Å². The van der Waals surface area contributed by atoms with Gasteiger partial charge in [0.1, 0.15) is 4.88 Å². The van der Waals surface area contributed by atoms with Gasteiger partial charge in [-0.2, -0.15) is 0 Å². The second-order valence-electron chi connectivity index (χ2n) is 3.74. The average molecular weight is 272 g/mol. The van der Waals surface area contributed by atoms with Gasteiger partial charge in [0.25, 0.3) is 0 Å². The number of benzene rings is 1. The van der Waals surface area contributed by atoms with E-state index in [1.165, 1.54) is 10.9 Å². The van der Waals surface area contributed by atoms with Crippen LogP contribution in [0, 0.1) is 0 Å². The maximum Gasteiger partial charge on any atom is 0.345 e. The fourth-order valence-corrected chi connectivity index (χ4v) is 2.27. The summed E-state index contributed by atoms with van der Waals surface area (Å²) < 4.78 is 0. The molecule has 7 heteroatoms. The molecule has 0 atom stereocenters. The van der Waals surface area contributed by atoms with E-state index in [4.69, 9.17) is 5.11 Å². The summed E-state index contributed by atoms with van der Waals surface area (Å²) in [6, 6.07) is 11.0. The average Bonchev–Trinajstić information content (AvgIpc) is 3.09. The highest BCUT2D eigenvalue weighted by molar-refractivity contribution is 7.12. The molecule has 0 amide bonds. The summed E-state index contributed by atoms with van der Waals surface area (Å²) in [4.78, 5) is 12.4. The lowest BCUT2D eigenvalue weighted by molar-refractivity contribution is 0.0702. The van der Waals surface area contributed by atoms with E-state index in [2.05, 4.69) is 15.4 Å². The minimum Gasteiger partial charge on any atom is -0.477 e. The van der Waals surface area contributed by atoms with E-state index in [0.717, 1.165) is 16.9 Å². The first kappa shape index (κ1) is 11.5. The van der Waals surface area contributed by atoms with Crippen molar-refractivity contribution in [3.63, 3.8) is 0 Å². The third-order valence-electron chi connectivity index (χ3n) is 2.47. The number of nitrogens with zero attached hydrogens (tertiary/aromatic N) is 4. The Hall–Kier alpha value is -2.54. The molecule has 0 aliphatic heterocycles. The van der Waals surface area contributed by atoms with Crippen LogP contribution in [0.15, 0.2) is 41.8 Å². The van der Waals surface area contributed by atoms with Crippen molar-refractivity contribution in [3.8, 4) is 17.1 Å². The molecule has 0 aliphatic rings. The molecule has 94 valence electrons. The molecule has 6 nitrogen and oxygen atoms in total. The molecular formula is C12H8N4O2S. The van der Waals surface area contributed by atoms with Crippen LogP contribution in [0.1, 0.15) is 9.67 Å². The second kappa shape index (κ2) is 4.62. The van der Waals surface area contributed by atoms with Gasteiger partial charge in [0.15, 0.2) is 0 Å². The first-order chi connectivity index (χ1) is 9.24. The number of carboxylic acid groups (broad SMARTS) is 1. The zero-order chi connectivity index (χ0) is 13.2. The maximum absolute atomic E-state index is 10.8. The molecule has 0 unspecified atom stereocenters. The molecule has 0 bridgehead atoms. The van der Waals surface area contributed by atoms with Gasteiger partial charge >= 0.3 is 5.97 Å². The normalized spacial score (nSPS) is 10.5. The Bertz CT molecular complexity index is 720. The van der Waals surface area contributed by atoms with Gasteiger partial charge in [-0.25, -0.2) is 4.79 Å². The van der Waals surface area contributed by atoms with Crippen LogP contribution >= 0.6 is 11.3 Å². The molecule has 2 heterocycles. The summed E-state index contributed by atoms with van der Waals surface area (Å²) in [5, 5.41) is 22.7. The standard InChI is InChI=1S/C12H8N4O2S/c17-12(18)10-6-9(7-19-10)16-14-11(13-15-16)8-4-2-1-3-5-8/h1-7H,(H,17,18). The highest BCUT2D eigenvalue weighted by Crippen LogP contribution is 2.18. The van der Waals surface area contributed by atoms with Gasteiger partial charge in [-0.3, -0.25) is 0 Å². The maximum atomic E-state index is 10.8. The Kier molecular flexibility index (Phi) is 2.81. The Balaban J connectivity index is 1.94. The van der Waals surface area contributed by atoms with Crippen molar-refractivity contribution in [3.05, 3.63) is 46.7 Å². The van der Waals surface area contributed by atoms with Crippen molar-refractivity contribution < 1.29 is 9.90 Å². The van der Waals surface area contributed by atoms with Gasteiger partial charge in [-0.1, -0.05) is 30.3 Å². The van der Waals surface area contributed by atoms with Crippen molar-refractivity contribution in [1.29, 1.82) is 0 Å². The van der Waals surface area contributed by atoms with E-state index in [1.807, 2.05) is 30.3 Å². The van der Waals surface area contributed by atoms with Crippen molar-refractivity contribution in [1.82, 2.24) is 20.2 Å². The van der Waals surface area contributed by atoms with Crippen LogP contribution in [-0.4, -0.2) is 31.3 Å². The van der Waals surface area contributed by atoms with Crippen molar-refractivity contribution in [2.45, 2.75) is 0 Å². The number of rotatable bonds is 3. The van der Waals surface area contributed by atoms with Crippen LogP contribution in [0.4, 0.5) is 0 Å². The van der Waals surface area contributed by atoms with Crippen LogP contribution in [0.5, 0.6) is 0 Å². The molecule has 3 rings (SSSR count). The minimum absolute atomic E-state index is 0.244. The molecule has 0 aliphatic carbocycles. The highest BCUT2D eigenvalue weighted by atomic mass is 32.1. The molecule has 0 fully saturated rings. The number of thiophene rings is 1. The van der Waals surface area contributed by atoms with E-state index < -0.39 is 5.97 Å². The summed E-state index contributed by atoms with van der Waals surface area (Å²) in [5.41, 5.74) is 1.46. The third-order valence-corrected chi connectivity index (χ3v) is 3.38. The van der Waals surface area contributed by atoms with Gasteiger partial charge in [0.05, 0.1) is 5.69 Å². The molecule has 19 heavy (non-hydrogen) atoms. The molecule has 0 saturated carbocycles. The Morgan fingerprint density at radius 3 is 2.74 bits per heavy atom. The number of carbonyl (C=O) groups is 1. The second-order valence-corrected chi connectivity index (χ2v) is 4.65. The summed E-state index contributed by atoms with van der Waals surface area (Å²) in [7, 11) is 0. The summed E-state index contributed by atoms with van der Waals surface area (Å²) in [6.07, 6.45) is 0. The lowest BCUT2D eigenvalue weighted by atomic mass is 10.2. The number of aromatic carboxylic acids is 1. The van der Waals surface area contributed by atoms with Crippen LogP contribution in [-0.2, 0) is 0 Å². The van der Waals surface area contributed by atoms with Crippen molar-refractivity contribution in [2.75, 3.05) is 0 Å². The number of tetrazole rings is 1. The molecule has 0 radical (unpaired) electrons. The van der Waals surface area contributed by atoms with E-state index in [9.17, 15) is 4.79 Å². The van der Waals surface area contributed by atoms with E-state index >= 15 is 0 Å². The Morgan fingerprint density at radius 1 is 1.26 bits per heavy atom. The molecule has 1 aromatic carbocycles. The summed E-state index contributed by atoms with van der Waals surface area (Å²) in [5.74, 6) is -0.455. The first-order valence-electron chi connectivity index (χ1n) is 5.42. The molecule has 0 spiro atoms. The quantitative estimate of drug-likeness (QED) is 0.789. The zero-order valence-electron chi connectivity index (χ0n) is 9.59.